The molecule has 0 spiro atoms. The molecule has 0 unspecified atom stereocenters. The maximum atomic E-state index is 13.7. The number of hydrogen-bond donors (Lipinski definition) is 0. The van der Waals surface area contributed by atoms with Gasteiger partial charge in [0.2, 0.25) is 0 Å². The fourth-order valence-corrected chi connectivity index (χ4v) is 2.41. The van der Waals surface area contributed by atoms with Crippen LogP contribution in [0.3, 0.4) is 0 Å². The van der Waals surface area contributed by atoms with Crippen molar-refractivity contribution in [1.82, 2.24) is 0 Å². The number of carbonyl (C=O) groups is 1. The normalized spacial score (nSPS) is 10.3. The van der Waals surface area contributed by atoms with E-state index in [0.29, 0.717) is 22.6 Å². The first kappa shape index (κ1) is 15.8. The summed E-state index contributed by atoms with van der Waals surface area (Å²) in [5.41, 5.74) is 0.605. The van der Waals surface area contributed by atoms with Crippen LogP contribution in [-0.2, 0) is 6.61 Å². The lowest BCUT2D eigenvalue weighted by Crippen LogP contribution is -2.02. The summed E-state index contributed by atoms with van der Waals surface area (Å²) in [6.45, 7) is -0.0376. The maximum absolute atomic E-state index is 13.7. The Balaban J connectivity index is 2.31. The highest BCUT2D eigenvalue weighted by atomic mass is 79.9. The number of benzene rings is 2. The largest absolute Gasteiger partial charge is 0.493 e. The SMILES string of the molecule is COc1cc(Cl)cc(C=O)c1OCc1cc(Br)ccc1F. The first-order valence-corrected chi connectivity index (χ1v) is 7.11. The third-order valence-corrected chi connectivity index (χ3v) is 3.49. The van der Waals surface area contributed by atoms with E-state index in [1.165, 1.54) is 25.3 Å². The number of carbonyl (C=O) groups excluding carboxylic acids is 1. The van der Waals surface area contributed by atoms with Crippen molar-refractivity contribution in [1.29, 1.82) is 0 Å². The molecule has 2 rings (SSSR count). The minimum atomic E-state index is -0.390. The summed E-state index contributed by atoms with van der Waals surface area (Å²) < 4.78 is 25.1. The van der Waals surface area contributed by atoms with Gasteiger partial charge in [-0.15, -0.1) is 0 Å². The van der Waals surface area contributed by atoms with Crippen LogP contribution in [0, 0.1) is 5.82 Å². The number of ether oxygens (including phenoxy) is 2. The molecular formula is C15H11BrClFO3. The van der Waals surface area contributed by atoms with Crippen molar-refractivity contribution in [2.24, 2.45) is 0 Å². The van der Waals surface area contributed by atoms with Crippen LogP contribution in [0.15, 0.2) is 34.8 Å². The van der Waals surface area contributed by atoms with E-state index in [2.05, 4.69) is 15.9 Å². The molecule has 0 saturated heterocycles. The molecule has 6 heteroatoms. The van der Waals surface area contributed by atoms with Crippen molar-refractivity contribution in [2.45, 2.75) is 6.61 Å². The van der Waals surface area contributed by atoms with Gasteiger partial charge in [-0.2, -0.15) is 0 Å². The van der Waals surface area contributed by atoms with Crippen molar-refractivity contribution < 1.29 is 18.7 Å². The van der Waals surface area contributed by atoms with Crippen molar-refractivity contribution in [3.8, 4) is 11.5 Å². The summed E-state index contributed by atoms with van der Waals surface area (Å²) in [7, 11) is 1.44. The van der Waals surface area contributed by atoms with Gasteiger partial charge in [-0.25, -0.2) is 4.39 Å². The van der Waals surface area contributed by atoms with Crippen LogP contribution in [-0.4, -0.2) is 13.4 Å². The molecule has 0 saturated carbocycles. The molecule has 0 heterocycles. The van der Waals surface area contributed by atoms with Crippen molar-refractivity contribution in [3.63, 3.8) is 0 Å². The molecule has 0 atom stereocenters. The summed E-state index contributed by atoms with van der Waals surface area (Å²) >= 11 is 9.15. The third kappa shape index (κ3) is 3.74. The quantitative estimate of drug-likeness (QED) is 0.716. The second kappa shape index (κ2) is 6.91. The highest BCUT2D eigenvalue weighted by Crippen LogP contribution is 2.34. The summed E-state index contributed by atoms with van der Waals surface area (Å²) in [5.74, 6) is 0.162. The fourth-order valence-electron chi connectivity index (χ4n) is 1.79. The van der Waals surface area contributed by atoms with Gasteiger partial charge in [-0.3, -0.25) is 4.79 Å². The standard InChI is InChI=1S/C15H11BrClFO3/c1-20-14-6-12(17)5-9(7-19)15(14)21-8-10-4-11(16)2-3-13(10)18/h2-7H,8H2,1H3. The van der Waals surface area contributed by atoms with E-state index >= 15 is 0 Å². The molecule has 0 aromatic heterocycles. The van der Waals surface area contributed by atoms with Gasteiger partial charge in [0.1, 0.15) is 12.4 Å². The van der Waals surface area contributed by atoms with Crippen LogP contribution in [0.1, 0.15) is 15.9 Å². The zero-order chi connectivity index (χ0) is 15.4. The number of halogens is 3. The number of rotatable bonds is 5. The van der Waals surface area contributed by atoms with E-state index in [0.717, 1.165) is 4.47 Å². The van der Waals surface area contributed by atoms with Gasteiger partial charge < -0.3 is 9.47 Å². The Morgan fingerprint density at radius 1 is 1.33 bits per heavy atom. The Labute approximate surface area is 134 Å². The van der Waals surface area contributed by atoms with Crippen molar-refractivity contribution >= 4 is 33.8 Å². The molecule has 3 nitrogen and oxygen atoms in total. The van der Waals surface area contributed by atoms with Crippen LogP contribution in [0.5, 0.6) is 11.5 Å². The fraction of sp³-hybridized carbons (Fsp3) is 0.133. The lowest BCUT2D eigenvalue weighted by atomic mass is 10.2. The van der Waals surface area contributed by atoms with Crippen LogP contribution < -0.4 is 9.47 Å². The molecule has 0 aliphatic rings. The van der Waals surface area contributed by atoms with Gasteiger partial charge >= 0.3 is 0 Å². The summed E-state index contributed by atoms with van der Waals surface area (Å²) in [6.07, 6.45) is 0.612. The molecule has 21 heavy (non-hydrogen) atoms. The van der Waals surface area contributed by atoms with E-state index in [-0.39, 0.29) is 17.9 Å². The molecule has 0 aliphatic heterocycles. The second-order valence-electron chi connectivity index (χ2n) is 4.17. The second-order valence-corrected chi connectivity index (χ2v) is 5.52. The molecule has 0 aliphatic carbocycles. The summed E-state index contributed by atoms with van der Waals surface area (Å²) in [6, 6.07) is 7.53. The van der Waals surface area contributed by atoms with Gasteiger partial charge in [0.05, 0.1) is 12.7 Å². The highest BCUT2D eigenvalue weighted by molar-refractivity contribution is 9.10. The molecule has 0 bridgehead atoms. The average Bonchev–Trinajstić information content (AvgIpc) is 2.48. The number of methoxy groups -OCH3 is 1. The van der Waals surface area contributed by atoms with Gasteiger partial charge in [0, 0.05) is 21.1 Å². The van der Waals surface area contributed by atoms with Gasteiger partial charge in [-0.05, 0) is 24.3 Å². The Morgan fingerprint density at radius 2 is 2.10 bits per heavy atom. The Morgan fingerprint density at radius 3 is 2.76 bits per heavy atom. The van der Waals surface area contributed by atoms with Crippen molar-refractivity contribution in [3.05, 3.63) is 56.8 Å². The predicted molar refractivity (Wildman–Crippen MR) is 81.8 cm³/mol. The first-order valence-electron chi connectivity index (χ1n) is 5.94. The van der Waals surface area contributed by atoms with Gasteiger partial charge in [-0.1, -0.05) is 27.5 Å². The van der Waals surface area contributed by atoms with Gasteiger partial charge in [0.25, 0.3) is 0 Å². The van der Waals surface area contributed by atoms with E-state index in [9.17, 15) is 9.18 Å². The number of hydrogen-bond acceptors (Lipinski definition) is 3. The molecule has 0 fully saturated rings. The van der Waals surface area contributed by atoms with Crippen LogP contribution in [0.25, 0.3) is 0 Å². The Kier molecular flexibility index (Phi) is 5.20. The predicted octanol–water partition coefficient (Wildman–Crippen LogP) is 4.64. The van der Waals surface area contributed by atoms with E-state index < -0.39 is 5.82 Å². The molecule has 110 valence electrons. The lowest BCUT2D eigenvalue weighted by Gasteiger charge is -2.13. The Hall–Kier alpha value is -1.59. The van der Waals surface area contributed by atoms with Crippen LogP contribution in [0.2, 0.25) is 5.02 Å². The van der Waals surface area contributed by atoms with Crippen LogP contribution >= 0.6 is 27.5 Å². The smallest absolute Gasteiger partial charge is 0.172 e. The highest BCUT2D eigenvalue weighted by Gasteiger charge is 2.14. The summed E-state index contributed by atoms with van der Waals surface area (Å²) in [5, 5.41) is 0.356. The summed E-state index contributed by atoms with van der Waals surface area (Å²) in [4.78, 5) is 11.1. The maximum Gasteiger partial charge on any atom is 0.172 e. The van der Waals surface area contributed by atoms with E-state index in [1.54, 1.807) is 12.1 Å². The van der Waals surface area contributed by atoms with Crippen LogP contribution in [0.4, 0.5) is 4.39 Å². The molecule has 0 amide bonds. The molecule has 2 aromatic carbocycles. The lowest BCUT2D eigenvalue weighted by molar-refractivity contribution is 0.111. The molecular weight excluding hydrogens is 363 g/mol. The average molecular weight is 374 g/mol. The third-order valence-electron chi connectivity index (χ3n) is 2.78. The monoisotopic (exact) mass is 372 g/mol. The number of aldehydes is 1. The minimum absolute atomic E-state index is 0.0376. The van der Waals surface area contributed by atoms with Gasteiger partial charge in [0.15, 0.2) is 17.8 Å². The van der Waals surface area contributed by atoms with Crippen molar-refractivity contribution in [2.75, 3.05) is 7.11 Å². The van der Waals surface area contributed by atoms with E-state index in [1.807, 2.05) is 0 Å². The zero-order valence-electron chi connectivity index (χ0n) is 11.0. The molecule has 2 aromatic rings. The zero-order valence-corrected chi connectivity index (χ0v) is 13.4. The molecule has 0 radical (unpaired) electrons. The topological polar surface area (TPSA) is 35.5 Å². The first-order chi connectivity index (χ1) is 10.0. The minimum Gasteiger partial charge on any atom is -0.493 e. The molecule has 0 N–H and O–H groups in total. The van der Waals surface area contributed by atoms with E-state index in [4.69, 9.17) is 21.1 Å². The Bertz CT molecular complexity index is 676.